The maximum Gasteiger partial charge on any atom is 0.282 e. The van der Waals surface area contributed by atoms with Crippen molar-refractivity contribution in [3.05, 3.63) is 66.6 Å². The van der Waals surface area contributed by atoms with Crippen LogP contribution < -0.4 is 4.90 Å². The van der Waals surface area contributed by atoms with Crippen LogP contribution in [-0.4, -0.2) is 113 Å². The summed E-state index contributed by atoms with van der Waals surface area (Å²) in [4.78, 5) is 9.28. The monoisotopic (exact) mass is 726 g/mol. The Bertz CT molecular complexity index is 1760. The summed E-state index contributed by atoms with van der Waals surface area (Å²) in [5.41, 5.74) is 3.03. The third-order valence-corrected chi connectivity index (χ3v) is 14.4. The molecule has 3 aromatic rings. The fraction of sp³-hybridized carbons (Fsp3) is 0.595. The van der Waals surface area contributed by atoms with Crippen molar-refractivity contribution < 1.29 is 21.3 Å². The van der Waals surface area contributed by atoms with Gasteiger partial charge in [0.15, 0.2) is 11.5 Å². The van der Waals surface area contributed by atoms with E-state index in [-0.39, 0.29) is 23.9 Å². The lowest BCUT2D eigenvalue weighted by Crippen LogP contribution is -2.49. The molecule has 0 spiro atoms. The molecule has 3 aliphatic rings. The first-order valence-corrected chi connectivity index (χ1v) is 21.1. The lowest BCUT2D eigenvalue weighted by atomic mass is 9.89. The molecule has 0 N–H and O–H groups in total. The van der Waals surface area contributed by atoms with Gasteiger partial charge in [-0.1, -0.05) is 38.0 Å². The van der Waals surface area contributed by atoms with Crippen molar-refractivity contribution in [1.82, 2.24) is 22.8 Å². The Hall–Kier alpha value is -2.81. The molecule has 11 nitrogen and oxygen atoms in total. The molecule has 1 saturated carbocycles. The fourth-order valence-corrected chi connectivity index (χ4v) is 10.9. The van der Waals surface area contributed by atoms with Crippen molar-refractivity contribution in [3.63, 3.8) is 0 Å². The van der Waals surface area contributed by atoms with Crippen molar-refractivity contribution in [3.8, 4) is 0 Å². The van der Waals surface area contributed by atoms with Crippen LogP contribution in [0, 0.1) is 5.92 Å². The fourth-order valence-electron chi connectivity index (χ4n) is 7.71. The van der Waals surface area contributed by atoms with Gasteiger partial charge in [0.1, 0.15) is 5.52 Å². The second-order valence-corrected chi connectivity index (χ2v) is 18.4. The van der Waals surface area contributed by atoms with Gasteiger partial charge in [0.25, 0.3) is 10.2 Å². The van der Waals surface area contributed by atoms with Gasteiger partial charge in [0.05, 0.1) is 4.90 Å². The van der Waals surface area contributed by atoms with Crippen LogP contribution in [0.3, 0.4) is 0 Å². The molecule has 2 aliphatic heterocycles. The van der Waals surface area contributed by atoms with Crippen molar-refractivity contribution in [2.24, 2.45) is 5.92 Å². The molecule has 3 heterocycles. The number of para-hydroxylation sites is 2. The predicted molar refractivity (Wildman–Crippen MR) is 199 cm³/mol. The Morgan fingerprint density at radius 1 is 0.760 bits per heavy atom. The Kier molecular flexibility index (Phi) is 12.0. The van der Waals surface area contributed by atoms with E-state index in [1.165, 1.54) is 40.7 Å². The number of rotatable bonds is 8. The van der Waals surface area contributed by atoms with Gasteiger partial charge >= 0.3 is 0 Å². The number of hydrogen-bond donors (Lipinski definition) is 0. The number of fused-ring (bicyclic) bond motifs is 1. The Labute approximate surface area is 299 Å². The van der Waals surface area contributed by atoms with E-state index in [4.69, 9.17) is 4.42 Å². The number of hydrogen-bond acceptors (Lipinski definition) is 8. The molecular weight excluding hydrogens is 673 g/mol. The van der Waals surface area contributed by atoms with Gasteiger partial charge in [-0.2, -0.15) is 21.3 Å². The standard InChI is InChI=1S/C37H54N6O5S2/c1-30-27-42(49(44,45)34-17-15-33(16-18-34)39(2)3)23-9-21-40(29-31-11-5-4-6-12-31)22-10-24-43(28-30)50(46,47)41-25-19-32(20-26-41)37-38-35-13-7-8-14-36(35)48-37/h7-8,13-18,31-32H,1,4-6,9-12,19-29H2,2-3H3. The average Bonchev–Trinajstić information content (AvgIpc) is 3.55. The lowest BCUT2D eigenvalue weighted by molar-refractivity contribution is 0.187. The Morgan fingerprint density at radius 3 is 2.06 bits per heavy atom. The number of aromatic nitrogens is 1. The zero-order valence-electron chi connectivity index (χ0n) is 29.7. The maximum absolute atomic E-state index is 14.3. The first-order valence-electron chi connectivity index (χ1n) is 18.3. The summed E-state index contributed by atoms with van der Waals surface area (Å²) in [7, 11) is -3.84. The van der Waals surface area contributed by atoms with E-state index in [0.29, 0.717) is 69.2 Å². The Balaban J connectivity index is 1.19. The molecule has 0 amide bonds. The summed E-state index contributed by atoms with van der Waals surface area (Å²) in [6.45, 7) is 8.32. The third kappa shape index (κ3) is 8.79. The largest absolute Gasteiger partial charge is 0.440 e. The van der Waals surface area contributed by atoms with Crippen molar-refractivity contribution in [2.75, 3.05) is 77.9 Å². The molecule has 1 aromatic heterocycles. The van der Waals surface area contributed by atoms with Crippen LogP contribution in [0.4, 0.5) is 5.69 Å². The van der Waals surface area contributed by atoms with Crippen LogP contribution in [0.15, 0.2) is 70.0 Å². The molecular formula is C37H54N6O5S2. The third-order valence-electron chi connectivity index (χ3n) is 10.6. The summed E-state index contributed by atoms with van der Waals surface area (Å²) >= 11 is 0. The summed E-state index contributed by atoms with van der Waals surface area (Å²) in [6, 6.07) is 14.6. The number of benzene rings is 2. The van der Waals surface area contributed by atoms with E-state index in [1.807, 2.05) is 55.4 Å². The first-order chi connectivity index (χ1) is 24.0. The highest BCUT2D eigenvalue weighted by molar-refractivity contribution is 7.89. The normalized spacial score (nSPS) is 21.6. The average molecular weight is 727 g/mol. The van der Waals surface area contributed by atoms with E-state index < -0.39 is 20.2 Å². The van der Waals surface area contributed by atoms with E-state index in [0.717, 1.165) is 36.4 Å². The molecule has 0 unspecified atom stereocenters. The van der Waals surface area contributed by atoms with Gasteiger partial charge in [-0.3, -0.25) is 0 Å². The summed E-state index contributed by atoms with van der Waals surface area (Å²) < 4.78 is 67.4. The molecule has 0 radical (unpaired) electrons. The molecule has 2 saturated heterocycles. The summed E-state index contributed by atoms with van der Waals surface area (Å²) in [6.07, 6.45) is 8.90. The van der Waals surface area contributed by atoms with Gasteiger partial charge < -0.3 is 14.2 Å². The van der Waals surface area contributed by atoms with Crippen LogP contribution in [-0.2, 0) is 20.2 Å². The molecule has 0 bridgehead atoms. The van der Waals surface area contributed by atoms with Gasteiger partial charge in [-0.15, -0.1) is 0 Å². The van der Waals surface area contributed by atoms with Crippen LogP contribution >= 0.6 is 0 Å². The van der Waals surface area contributed by atoms with Crippen LogP contribution in [0.2, 0.25) is 0 Å². The summed E-state index contributed by atoms with van der Waals surface area (Å²) in [5.74, 6) is 1.35. The highest BCUT2D eigenvalue weighted by atomic mass is 32.2. The van der Waals surface area contributed by atoms with Gasteiger partial charge in [0.2, 0.25) is 10.0 Å². The molecule has 0 atom stereocenters. The van der Waals surface area contributed by atoms with Crippen molar-refractivity contribution >= 4 is 37.0 Å². The Morgan fingerprint density at radius 2 is 1.40 bits per heavy atom. The SMILES string of the molecule is C=C1CN(S(=O)(=O)c2ccc(N(C)C)cc2)CCCN(CC2CCCCC2)CCCN(S(=O)(=O)N2CCC(c3nc4ccccc4o3)CC2)C1. The van der Waals surface area contributed by atoms with E-state index in [2.05, 4.69) is 16.5 Å². The smallest absolute Gasteiger partial charge is 0.282 e. The van der Waals surface area contributed by atoms with Crippen LogP contribution in [0.25, 0.3) is 11.1 Å². The minimum atomic E-state index is -3.84. The highest BCUT2D eigenvalue weighted by Gasteiger charge is 2.36. The molecule has 1 aliphatic carbocycles. The molecule has 3 fully saturated rings. The summed E-state index contributed by atoms with van der Waals surface area (Å²) in [5, 5.41) is 0. The minimum absolute atomic E-state index is 0.0500. The van der Waals surface area contributed by atoms with E-state index in [1.54, 1.807) is 16.4 Å². The number of anilines is 1. The quantitative estimate of drug-likeness (QED) is 0.279. The van der Waals surface area contributed by atoms with Gasteiger partial charge in [0, 0.05) is 71.5 Å². The second kappa shape index (κ2) is 16.2. The minimum Gasteiger partial charge on any atom is -0.440 e. The number of oxazole rings is 1. The number of nitrogens with zero attached hydrogens (tertiary/aromatic N) is 6. The topological polar surface area (TPSA) is 111 Å². The zero-order valence-corrected chi connectivity index (χ0v) is 31.4. The van der Waals surface area contributed by atoms with Gasteiger partial charge in [-0.25, -0.2) is 13.4 Å². The molecule has 274 valence electrons. The first kappa shape index (κ1) is 37.0. The number of sulfonamides is 1. The van der Waals surface area contributed by atoms with E-state index in [9.17, 15) is 16.8 Å². The van der Waals surface area contributed by atoms with Crippen molar-refractivity contribution in [2.45, 2.75) is 68.6 Å². The molecule has 6 rings (SSSR count). The molecule has 2 aromatic carbocycles. The second-order valence-electron chi connectivity index (χ2n) is 14.5. The molecule has 13 heteroatoms. The van der Waals surface area contributed by atoms with E-state index >= 15 is 0 Å². The lowest BCUT2D eigenvalue weighted by Gasteiger charge is -2.36. The van der Waals surface area contributed by atoms with Gasteiger partial charge in [-0.05, 0) is 99.5 Å². The van der Waals surface area contributed by atoms with Crippen LogP contribution in [0.5, 0.6) is 0 Å². The maximum atomic E-state index is 14.3. The van der Waals surface area contributed by atoms with Crippen molar-refractivity contribution in [1.29, 1.82) is 0 Å². The number of piperidine rings is 1. The predicted octanol–water partition coefficient (Wildman–Crippen LogP) is 5.54. The van der Waals surface area contributed by atoms with Crippen LogP contribution in [0.1, 0.15) is 69.6 Å². The zero-order chi connectivity index (χ0) is 35.3. The highest BCUT2D eigenvalue weighted by Crippen LogP contribution is 2.32. The molecule has 50 heavy (non-hydrogen) atoms.